The third kappa shape index (κ3) is 1.29. The molecule has 0 atom stereocenters. The topological polar surface area (TPSA) is 75.7 Å². The molecule has 90 valence electrons. The van der Waals surface area contributed by atoms with Crippen LogP contribution in [0.4, 0.5) is 0 Å². The first-order chi connectivity index (χ1) is 9.24. The highest BCUT2D eigenvalue weighted by Gasteiger charge is 2.28. The maximum absolute atomic E-state index is 12.3. The van der Waals surface area contributed by atoms with Gasteiger partial charge in [-0.3, -0.25) is 9.78 Å². The highest BCUT2D eigenvalue weighted by Crippen LogP contribution is 2.35. The number of ketones is 1. The Morgan fingerprint density at radius 1 is 1.00 bits per heavy atom. The minimum atomic E-state index is -0.447. The van der Waals surface area contributed by atoms with E-state index in [1.165, 1.54) is 6.20 Å². The third-order valence-electron chi connectivity index (χ3n) is 3.27. The van der Waals surface area contributed by atoms with Gasteiger partial charge in [-0.15, -0.1) is 0 Å². The predicted molar refractivity (Wildman–Crippen MR) is 69.0 cm³/mol. The van der Waals surface area contributed by atoms with Crippen molar-refractivity contribution in [2.45, 2.75) is 0 Å². The molecule has 2 aromatic heterocycles. The maximum atomic E-state index is 12.3. The number of nitrogens with one attached hydrogen (secondary N) is 1. The first-order valence-electron chi connectivity index (χ1n) is 5.78. The molecule has 1 N–H and O–H groups in total. The van der Waals surface area contributed by atoms with Crippen LogP contribution in [0, 0.1) is 0 Å². The summed E-state index contributed by atoms with van der Waals surface area (Å²) >= 11 is 0. The summed E-state index contributed by atoms with van der Waals surface area (Å²) in [5.74, 6) is -0.0359. The quantitative estimate of drug-likeness (QED) is 0.512. The van der Waals surface area contributed by atoms with E-state index in [0.717, 1.165) is 5.56 Å². The number of fused-ring (bicyclic) bond motifs is 4. The lowest BCUT2D eigenvalue weighted by atomic mass is 10.1. The van der Waals surface area contributed by atoms with Crippen LogP contribution >= 0.6 is 0 Å². The van der Waals surface area contributed by atoms with E-state index in [4.69, 9.17) is 0 Å². The zero-order chi connectivity index (χ0) is 13.0. The fraction of sp³-hybridized carbons (Fsp3) is 0. The summed E-state index contributed by atoms with van der Waals surface area (Å²) in [4.78, 5) is 34.1. The average Bonchev–Trinajstić information content (AvgIpc) is 2.70. The molecule has 0 bridgehead atoms. The molecule has 0 spiro atoms. The number of hydrogen-bond donors (Lipinski definition) is 1. The number of aromatic amines is 1. The number of hydrogen-bond acceptors (Lipinski definition) is 4. The Hall–Kier alpha value is -2.82. The predicted octanol–water partition coefficient (Wildman–Crippen LogP) is 1.53. The van der Waals surface area contributed by atoms with Crippen LogP contribution in [-0.4, -0.2) is 20.7 Å². The summed E-state index contributed by atoms with van der Waals surface area (Å²) in [6.07, 6.45) is 1.43. The van der Waals surface area contributed by atoms with Gasteiger partial charge in [0, 0.05) is 28.3 Å². The Labute approximate surface area is 107 Å². The lowest BCUT2D eigenvalue weighted by Gasteiger charge is -2.01. The van der Waals surface area contributed by atoms with E-state index in [0.29, 0.717) is 27.9 Å². The Balaban J connectivity index is 2.14. The highest BCUT2D eigenvalue weighted by molar-refractivity contribution is 6.21. The average molecular weight is 249 g/mol. The molecular weight excluding hydrogens is 242 g/mol. The van der Waals surface area contributed by atoms with Gasteiger partial charge < -0.3 is 0 Å². The van der Waals surface area contributed by atoms with Crippen LogP contribution in [0.1, 0.15) is 15.9 Å². The first-order valence-corrected chi connectivity index (χ1v) is 5.78. The summed E-state index contributed by atoms with van der Waals surface area (Å²) in [5, 5.41) is 0.652. The van der Waals surface area contributed by atoms with E-state index < -0.39 is 5.69 Å². The van der Waals surface area contributed by atoms with Crippen molar-refractivity contribution >= 4 is 16.8 Å². The monoisotopic (exact) mass is 249 g/mol. The molecule has 0 saturated carbocycles. The van der Waals surface area contributed by atoms with Crippen LogP contribution in [0.5, 0.6) is 0 Å². The lowest BCUT2D eigenvalue weighted by molar-refractivity contribution is 0.104. The van der Waals surface area contributed by atoms with Gasteiger partial charge in [-0.05, 0) is 6.07 Å². The molecule has 19 heavy (non-hydrogen) atoms. The number of benzene rings is 1. The largest absolute Gasteiger partial charge is 0.346 e. The normalized spacial score (nSPS) is 12.5. The summed E-state index contributed by atoms with van der Waals surface area (Å²) in [6, 6.07) is 9.05. The molecular formula is C14H7N3O2. The minimum Gasteiger partial charge on any atom is -0.290 e. The third-order valence-corrected chi connectivity index (χ3v) is 3.27. The number of carbonyl (C=O) groups excluding carboxylic acids is 1. The van der Waals surface area contributed by atoms with Gasteiger partial charge in [0.1, 0.15) is 5.65 Å². The summed E-state index contributed by atoms with van der Waals surface area (Å²) in [6.45, 7) is 0. The van der Waals surface area contributed by atoms with Gasteiger partial charge in [-0.2, -0.15) is 0 Å². The fourth-order valence-electron chi connectivity index (χ4n) is 2.40. The van der Waals surface area contributed by atoms with Crippen molar-refractivity contribution < 1.29 is 4.79 Å². The SMILES string of the molecule is O=C1c2ccccc2-c2nc3[nH]c(=O)ncc3cc21. The van der Waals surface area contributed by atoms with E-state index in [1.807, 2.05) is 18.2 Å². The fourth-order valence-corrected chi connectivity index (χ4v) is 2.40. The van der Waals surface area contributed by atoms with E-state index >= 15 is 0 Å². The van der Waals surface area contributed by atoms with Gasteiger partial charge in [0.15, 0.2) is 5.78 Å². The molecule has 0 saturated heterocycles. The summed E-state index contributed by atoms with van der Waals surface area (Å²) in [5.41, 5.74) is 2.64. The lowest BCUT2D eigenvalue weighted by Crippen LogP contribution is -2.10. The molecule has 0 radical (unpaired) electrons. The van der Waals surface area contributed by atoms with Gasteiger partial charge in [-0.25, -0.2) is 14.8 Å². The van der Waals surface area contributed by atoms with Crippen LogP contribution in [0.3, 0.4) is 0 Å². The van der Waals surface area contributed by atoms with Crippen molar-refractivity contribution in [1.82, 2.24) is 15.0 Å². The van der Waals surface area contributed by atoms with Crippen LogP contribution in [0.25, 0.3) is 22.3 Å². The van der Waals surface area contributed by atoms with E-state index in [1.54, 1.807) is 12.1 Å². The van der Waals surface area contributed by atoms with Crippen LogP contribution in [0.15, 0.2) is 41.3 Å². The van der Waals surface area contributed by atoms with Crippen molar-refractivity contribution in [3.63, 3.8) is 0 Å². The van der Waals surface area contributed by atoms with E-state index in [2.05, 4.69) is 15.0 Å². The van der Waals surface area contributed by atoms with E-state index in [-0.39, 0.29) is 5.78 Å². The molecule has 0 aliphatic heterocycles. The molecule has 5 nitrogen and oxygen atoms in total. The molecule has 0 amide bonds. The Morgan fingerprint density at radius 3 is 2.63 bits per heavy atom. The second-order valence-corrected chi connectivity index (χ2v) is 4.39. The number of H-pyrrole nitrogens is 1. The molecule has 1 aromatic carbocycles. The molecule has 3 aromatic rings. The Morgan fingerprint density at radius 2 is 1.79 bits per heavy atom. The van der Waals surface area contributed by atoms with Crippen LogP contribution < -0.4 is 5.69 Å². The number of rotatable bonds is 0. The number of carbonyl (C=O) groups is 1. The maximum Gasteiger partial charge on any atom is 0.346 e. The first kappa shape index (κ1) is 10.1. The summed E-state index contributed by atoms with van der Waals surface area (Å²) < 4.78 is 0. The van der Waals surface area contributed by atoms with Crippen LogP contribution in [-0.2, 0) is 0 Å². The number of aromatic nitrogens is 3. The molecule has 4 rings (SSSR count). The van der Waals surface area contributed by atoms with Crippen LogP contribution in [0.2, 0.25) is 0 Å². The second kappa shape index (κ2) is 3.35. The molecule has 0 unspecified atom stereocenters. The molecule has 1 aliphatic rings. The zero-order valence-electron chi connectivity index (χ0n) is 9.68. The van der Waals surface area contributed by atoms with Crippen molar-refractivity contribution in [2.75, 3.05) is 0 Å². The molecule has 5 heteroatoms. The van der Waals surface area contributed by atoms with Gasteiger partial charge in [-0.1, -0.05) is 24.3 Å². The highest BCUT2D eigenvalue weighted by atomic mass is 16.1. The molecule has 1 aliphatic carbocycles. The number of nitrogens with zero attached hydrogens (tertiary/aromatic N) is 2. The Kier molecular flexibility index (Phi) is 1.79. The van der Waals surface area contributed by atoms with Crippen molar-refractivity contribution in [3.8, 4) is 11.3 Å². The zero-order valence-corrected chi connectivity index (χ0v) is 9.68. The van der Waals surface area contributed by atoms with Gasteiger partial charge in [0.2, 0.25) is 0 Å². The molecule has 0 fully saturated rings. The van der Waals surface area contributed by atoms with Gasteiger partial charge in [0.05, 0.1) is 5.69 Å². The van der Waals surface area contributed by atoms with Crippen molar-refractivity contribution in [2.24, 2.45) is 0 Å². The Bertz CT molecular complexity index is 912. The van der Waals surface area contributed by atoms with Gasteiger partial charge >= 0.3 is 5.69 Å². The standard InChI is InChI=1S/C14H7N3O2/c18-12-9-4-2-1-3-8(9)11-10(12)5-7-6-15-14(19)17-13(7)16-11/h1-6H,(H,15,16,17,19). The summed E-state index contributed by atoms with van der Waals surface area (Å²) in [7, 11) is 0. The number of pyridine rings is 1. The second-order valence-electron chi connectivity index (χ2n) is 4.39. The van der Waals surface area contributed by atoms with Crippen molar-refractivity contribution in [1.29, 1.82) is 0 Å². The smallest absolute Gasteiger partial charge is 0.290 e. The molecule has 2 heterocycles. The minimum absolute atomic E-state index is 0.0359. The van der Waals surface area contributed by atoms with Crippen molar-refractivity contribution in [3.05, 3.63) is 58.1 Å². The van der Waals surface area contributed by atoms with E-state index in [9.17, 15) is 9.59 Å². The van der Waals surface area contributed by atoms with Gasteiger partial charge in [0.25, 0.3) is 0 Å².